The van der Waals surface area contributed by atoms with Gasteiger partial charge in [-0.15, -0.1) is 0 Å². The standard InChI is InChI=1S/C20H13N3O2/c24-20-18-16(13-6-2-4-8-15(13)25-18)22-19-17-12(9-10-23(19)20)11-5-1-3-7-14(11)21-17/h1-8,21H,9-10H2. The lowest BCUT2D eigenvalue weighted by Crippen LogP contribution is -2.27. The van der Waals surface area contributed by atoms with Crippen molar-refractivity contribution in [2.75, 3.05) is 0 Å². The Labute approximate surface area is 141 Å². The minimum Gasteiger partial charge on any atom is -0.448 e. The minimum absolute atomic E-state index is 0.111. The molecule has 0 saturated carbocycles. The predicted molar refractivity (Wildman–Crippen MR) is 96.8 cm³/mol. The lowest BCUT2D eigenvalue weighted by molar-refractivity contribution is 0.616. The summed E-state index contributed by atoms with van der Waals surface area (Å²) in [7, 11) is 0. The van der Waals surface area contributed by atoms with Crippen LogP contribution in [0.5, 0.6) is 0 Å². The molecule has 1 aliphatic heterocycles. The first-order valence-electron chi connectivity index (χ1n) is 8.33. The molecule has 0 atom stereocenters. The second-order valence-electron chi connectivity index (χ2n) is 6.44. The molecule has 3 aromatic heterocycles. The van der Waals surface area contributed by atoms with E-state index in [4.69, 9.17) is 9.40 Å². The summed E-state index contributed by atoms with van der Waals surface area (Å²) in [4.78, 5) is 21.3. The summed E-state index contributed by atoms with van der Waals surface area (Å²) >= 11 is 0. The SMILES string of the molecule is O=c1c2oc3ccccc3c2nc2n1CCc1c-2[nH]c2ccccc12. The van der Waals surface area contributed by atoms with Crippen molar-refractivity contribution in [2.45, 2.75) is 13.0 Å². The molecule has 0 fully saturated rings. The fourth-order valence-corrected chi connectivity index (χ4v) is 3.95. The average Bonchev–Trinajstić information content (AvgIpc) is 3.21. The number of hydrogen-bond acceptors (Lipinski definition) is 3. The van der Waals surface area contributed by atoms with Crippen LogP contribution in [0, 0.1) is 0 Å². The van der Waals surface area contributed by atoms with Crippen molar-refractivity contribution in [2.24, 2.45) is 0 Å². The molecule has 120 valence electrons. The normalized spacial score (nSPS) is 13.4. The third kappa shape index (κ3) is 1.57. The third-order valence-electron chi connectivity index (χ3n) is 5.10. The summed E-state index contributed by atoms with van der Waals surface area (Å²) in [6.07, 6.45) is 0.805. The Kier molecular flexibility index (Phi) is 2.28. The second kappa shape index (κ2) is 4.39. The molecule has 0 radical (unpaired) electrons. The predicted octanol–water partition coefficient (Wildman–Crippen LogP) is 3.85. The smallest absolute Gasteiger partial charge is 0.297 e. The van der Waals surface area contributed by atoms with Crippen molar-refractivity contribution >= 4 is 33.0 Å². The van der Waals surface area contributed by atoms with E-state index in [0.717, 1.165) is 23.0 Å². The van der Waals surface area contributed by atoms with Gasteiger partial charge in [-0.25, -0.2) is 4.98 Å². The van der Waals surface area contributed by atoms with Crippen molar-refractivity contribution in [3.8, 4) is 11.5 Å². The summed E-state index contributed by atoms with van der Waals surface area (Å²) in [6.45, 7) is 0.614. The molecule has 1 aliphatic rings. The first-order valence-corrected chi connectivity index (χ1v) is 8.33. The van der Waals surface area contributed by atoms with Gasteiger partial charge in [-0.3, -0.25) is 9.36 Å². The van der Waals surface area contributed by atoms with Gasteiger partial charge in [0.2, 0.25) is 5.58 Å². The number of para-hydroxylation sites is 2. The van der Waals surface area contributed by atoms with Crippen LogP contribution in [0.2, 0.25) is 0 Å². The molecule has 0 amide bonds. The van der Waals surface area contributed by atoms with Crippen LogP contribution in [0.25, 0.3) is 44.5 Å². The van der Waals surface area contributed by atoms with E-state index >= 15 is 0 Å². The zero-order chi connectivity index (χ0) is 16.5. The van der Waals surface area contributed by atoms with Crippen LogP contribution in [0.4, 0.5) is 0 Å². The molecule has 0 bridgehead atoms. The highest BCUT2D eigenvalue weighted by molar-refractivity contribution is 6.02. The number of nitrogens with zero attached hydrogens (tertiary/aromatic N) is 2. The van der Waals surface area contributed by atoms with Crippen LogP contribution in [0.3, 0.4) is 0 Å². The van der Waals surface area contributed by atoms with Crippen molar-refractivity contribution in [1.82, 2.24) is 14.5 Å². The number of rotatable bonds is 0. The van der Waals surface area contributed by atoms with Crippen molar-refractivity contribution < 1.29 is 4.42 Å². The number of aromatic nitrogens is 3. The lowest BCUT2D eigenvalue weighted by atomic mass is 10.0. The number of nitrogens with one attached hydrogen (secondary N) is 1. The first-order chi connectivity index (χ1) is 12.3. The number of hydrogen-bond donors (Lipinski definition) is 1. The van der Waals surface area contributed by atoms with Crippen LogP contribution >= 0.6 is 0 Å². The minimum atomic E-state index is -0.111. The zero-order valence-corrected chi connectivity index (χ0v) is 13.2. The van der Waals surface area contributed by atoms with Crippen molar-refractivity contribution in [1.29, 1.82) is 0 Å². The van der Waals surface area contributed by atoms with Crippen molar-refractivity contribution in [3.63, 3.8) is 0 Å². The van der Waals surface area contributed by atoms with Crippen molar-refractivity contribution in [3.05, 3.63) is 64.4 Å². The van der Waals surface area contributed by atoms with E-state index in [1.807, 2.05) is 36.4 Å². The zero-order valence-electron chi connectivity index (χ0n) is 13.2. The van der Waals surface area contributed by atoms with E-state index < -0.39 is 0 Å². The molecule has 1 N–H and O–H groups in total. The Morgan fingerprint density at radius 2 is 1.84 bits per heavy atom. The van der Waals surface area contributed by atoms with E-state index in [0.29, 0.717) is 29.1 Å². The molecule has 5 aromatic rings. The van der Waals surface area contributed by atoms with Gasteiger partial charge in [-0.1, -0.05) is 30.3 Å². The maximum atomic E-state index is 13.0. The average molecular weight is 327 g/mol. The highest BCUT2D eigenvalue weighted by Crippen LogP contribution is 2.34. The largest absolute Gasteiger partial charge is 0.448 e. The number of aryl methyl sites for hydroxylation is 1. The Morgan fingerprint density at radius 1 is 1.04 bits per heavy atom. The molecule has 5 nitrogen and oxygen atoms in total. The van der Waals surface area contributed by atoms with Gasteiger partial charge in [-0.2, -0.15) is 0 Å². The fourth-order valence-electron chi connectivity index (χ4n) is 3.95. The highest BCUT2D eigenvalue weighted by atomic mass is 16.3. The Balaban J connectivity index is 1.78. The molecule has 0 saturated heterocycles. The number of furan rings is 1. The number of benzene rings is 2. The Bertz CT molecular complexity index is 1370. The summed E-state index contributed by atoms with van der Waals surface area (Å²) in [6, 6.07) is 15.9. The molecule has 0 aliphatic carbocycles. The van der Waals surface area contributed by atoms with Gasteiger partial charge in [0.05, 0.1) is 5.69 Å². The van der Waals surface area contributed by atoms with Gasteiger partial charge < -0.3 is 9.40 Å². The molecule has 6 rings (SSSR count). The molecular weight excluding hydrogens is 314 g/mol. The molecule has 5 heteroatoms. The number of H-pyrrole nitrogens is 1. The first kappa shape index (κ1) is 13.0. The van der Waals surface area contributed by atoms with Gasteiger partial charge in [0.1, 0.15) is 11.1 Å². The number of fused-ring (bicyclic) bond motifs is 8. The third-order valence-corrected chi connectivity index (χ3v) is 5.10. The second-order valence-corrected chi connectivity index (χ2v) is 6.44. The monoisotopic (exact) mass is 327 g/mol. The van der Waals surface area contributed by atoms with E-state index in [-0.39, 0.29) is 5.56 Å². The molecule has 0 spiro atoms. The summed E-state index contributed by atoms with van der Waals surface area (Å²) in [5.74, 6) is 0.696. The van der Waals surface area contributed by atoms with Gasteiger partial charge in [0.15, 0.2) is 5.82 Å². The van der Waals surface area contributed by atoms with Gasteiger partial charge >= 0.3 is 0 Å². The maximum Gasteiger partial charge on any atom is 0.297 e. The lowest BCUT2D eigenvalue weighted by Gasteiger charge is -2.17. The van der Waals surface area contributed by atoms with Crippen LogP contribution < -0.4 is 5.56 Å². The van der Waals surface area contributed by atoms with Crippen LogP contribution in [0.1, 0.15) is 5.56 Å². The topological polar surface area (TPSA) is 63.8 Å². The summed E-state index contributed by atoms with van der Waals surface area (Å²) in [5, 5.41) is 2.08. The Morgan fingerprint density at radius 3 is 2.76 bits per heavy atom. The van der Waals surface area contributed by atoms with Crippen LogP contribution in [0.15, 0.2) is 57.7 Å². The fraction of sp³-hybridized carbons (Fsp3) is 0.100. The summed E-state index contributed by atoms with van der Waals surface area (Å²) in [5.41, 5.74) is 4.81. The van der Waals surface area contributed by atoms with E-state index in [1.54, 1.807) is 4.57 Å². The molecule has 25 heavy (non-hydrogen) atoms. The molecule has 4 heterocycles. The van der Waals surface area contributed by atoms with Crippen LogP contribution in [-0.4, -0.2) is 14.5 Å². The van der Waals surface area contributed by atoms with E-state index in [2.05, 4.69) is 17.1 Å². The van der Waals surface area contributed by atoms with E-state index in [9.17, 15) is 4.79 Å². The van der Waals surface area contributed by atoms with Gasteiger partial charge in [0, 0.05) is 22.8 Å². The van der Waals surface area contributed by atoms with Crippen LogP contribution in [-0.2, 0) is 13.0 Å². The number of aromatic amines is 1. The summed E-state index contributed by atoms with van der Waals surface area (Å²) < 4.78 is 7.51. The molecular formula is C20H13N3O2. The molecule has 2 aromatic carbocycles. The highest BCUT2D eigenvalue weighted by Gasteiger charge is 2.25. The quantitative estimate of drug-likeness (QED) is 0.470. The van der Waals surface area contributed by atoms with E-state index in [1.165, 1.54) is 10.9 Å². The molecule has 0 unspecified atom stereocenters. The van der Waals surface area contributed by atoms with Gasteiger partial charge in [-0.05, 0) is 30.2 Å². The van der Waals surface area contributed by atoms with Gasteiger partial charge in [0.25, 0.3) is 5.56 Å². The maximum absolute atomic E-state index is 13.0. The Hall–Kier alpha value is -3.34.